The number of hydrogen-bond donors (Lipinski definition) is 2. The number of carbonyl (C=O) groups is 1. The summed E-state index contributed by atoms with van der Waals surface area (Å²) in [7, 11) is 0. The molecule has 0 atom stereocenters. The molecule has 0 spiro atoms. The van der Waals surface area contributed by atoms with Crippen molar-refractivity contribution in [3.05, 3.63) is 74.9 Å². The molecule has 3 heterocycles. The van der Waals surface area contributed by atoms with Gasteiger partial charge < -0.3 is 15.6 Å². The summed E-state index contributed by atoms with van der Waals surface area (Å²) in [5, 5.41) is 8.25. The van der Waals surface area contributed by atoms with E-state index in [4.69, 9.17) is 10.7 Å². The van der Waals surface area contributed by atoms with Crippen LogP contribution >= 0.6 is 22.7 Å². The Morgan fingerprint density at radius 1 is 1.17 bits per heavy atom. The van der Waals surface area contributed by atoms with E-state index in [0.717, 1.165) is 40.9 Å². The molecule has 148 valence electrons. The predicted molar refractivity (Wildman–Crippen MR) is 121 cm³/mol. The lowest BCUT2D eigenvalue weighted by molar-refractivity contribution is 0.0999. The number of benzene rings is 1. The number of amides is 1. The number of rotatable bonds is 7. The van der Waals surface area contributed by atoms with E-state index in [1.807, 2.05) is 30.5 Å². The van der Waals surface area contributed by atoms with Gasteiger partial charge in [-0.2, -0.15) is 0 Å². The number of nitrogens with zero attached hydrogens (tertiary/aromatic N) is 2. The number of anilines is 2. The largest absolute Gasteiger partial charge is 0.366 e. The Hall–Kier alpha value is -2.90. The van der Waals surface area contributed by atoms with E-state index >= 15 is 0 Å². The van der Waals surface area contributed by atoms with Crippen LogP contribution in [0.15, 0.2) is 53.2 Å². The molecule has 0 bridgehead atoms. The van der Waals surface area contributed by atoms with Gasteiger partial charge in [0.1, 0.15) is 0 Å². The number of aromatic nitrogens is 2. The van der Waals surface area contributed by atoms with Gasteiger partial charge in [-0.15, -0.1) is 22.7 Å². The lowest BCUT2D eigenvalue weighted by Crippen LogP contribution is -2.13. The van der Waals surface area contributed by atoms with Crippen molar-refractivity contribution in [2.24, 2.45) is 5.73 Å². The van der Waals surface area contributed by atoms with Crippen molar-refractivity contribution in [3.63, 3.8) is 0 Å². The van der Waals surface area contributed by atoms with E-state index in [9.17, 15) is 4.79 Å². The maximum atomic E-state index is 11.9. The molecule has 0 aliphatic carbocycles. The van der Waals surface area contributed by atoms with E-state index in [0.29, 0.717) is 5.56 Å². The monoisotopic (exact) mass is 422 g/mol. The van der Waals surface area contributed by atoms with Crippen LogP contribution in [0.3, 0.4) is 0 Å². The zero-order valence-corrected chi connectivity index (χ0v) is 17.9. The molecule has 4 aromatic rings. The molecule has 0 saturated carbocycles. The Labute approximate surface area is 177 Å². The minimum atomic E-state index is -0.410. The number of primary amides is 1. The standard InChI is InChI=1S/C22H22N4OS2/c1-14-5-7-16(8-6-14)24-22-25-19(13-29-22)20-12-18(21(23)27)15(2)26(20)10-9-17-4-3-11-28-17/h3-8,11-13H,9-10H2,1-2H3,(H2,23,27)(H,24,25). The molecule has 1 amide bonds. The molecule has 1 aromatic carbocycles. The van der Waals surface area contributed by atoms with Crippen LogP contribution in [-0.2, 0) is 13.0 Å². The molecule has 5 nitrogen and oxygen atoms in total. The normalized spacial score (nSPS) is 11.0. The first-order valence-corrected chi connectivity index (χ1v) is 11.1. The Morgan fingerprint density at radius 3 is 2.66 bits per heavy atom. The Bertz CT molecular complexity index is 1120. The van der Waals surface area contributed by atoms with Crippen LogP contribution in [-0.4, -0.2) is 15.5 Å². The second-order valence-electron chi connectivity index (χ2n) is 6.90. The summed E-state index contributed by atoms with van der Waals surface area (Å²) < 4.78 is 2.14. The van der Waals surface area contributed by atoms with Crippen LogP contribution in [0.25, 0.3) is 11.4 Å². The summed E-state index contributed by atoms with van der Waals surface area (Å²) in [6.45, 7) is 4.78. The van der Waals surface area contributed by atoms with Crippen molar-refractivity contribution >= 4 is 39.4 Å². The molecule has 7 heteroatoms. The summed E-state index contributed by atoms with van der Waals surface area (Å²) in [5.74, 6) is -0.410. The quantitative estimate of drug-likeness (QED) is 0.420. The summed E-state index contributed by atoms with van der Waals surface area (Å²) >= 11 is 3.28. The van der Waals surface area contributed by atoms with Crippen LogP contribution in [0.2, 0.25) is 0 Å². The number of hydrogen-bond acceptors (Lipinski definition) is 5. The molecule has 0 fully saturated rings. The summed E-state index contributed by atoms with van der Waals surface area (Å²) in [4.78, 5) is 18.0. The third kappa shape index (κ3) is 4.26. The van der Waals surface area contributed by atoms with Crippen LogP contribution in [0, 0.1) is 13.8 Å². The van der Waals surface area contributed by atoms with Crippen LogP contribution in [0.5, 0.6) is 0 Å². The molecule has 3 aromatic heterocycles. The van der Waals surface area contributed by atoms with E-state index in [2.05, 4.69) is 46.5 Å². The number of thiazole rings is 1. The maximum absolute atomic E-state index is 11.9. The highest BCUT2D eigenvalue weighted by Gasteiger charge is 2.18. The SMILES string of the molecule is Cc1ccc(Nc2nc(-c3cc(C(N)=O)c(C)n3CCc3cccs3)cs2)cc1. The molecule has 0 aliphatic heterocycles. The van der Waals surface area contributed by atoms with Crippen molar-refractivity contribution < 1.29 is 4.79 Å². The van der Waals surface area contributed by atoms with Crippen molar-refractivity contribution in [2.45, 2.75) is 26.8 Å². The van der Waals surface area contributed by atoms with E-state index < -0.39 is 5.91 Å². The van der Waals surface area contributed by atoms with E-state index in [1.165, 1.54) is 10.4 Å². The highest BCUT2D eigenvalue weighted by Crippen LogP contribution is 2.31. The van der Waals surface area contributed by atoms with E-state index in [1.54, 1.807) is 22.7 Å². The second-order valence-corrected chi connectivity index (χ2v) is 8.79. The Kier molecular flexibility index (Phi) is 5.51. The highest BCUT2D eigenvalue weighted by molar-refractivity contribution is 7.14. The molecule has 4 rings (SSSR count). The molecule has 0 radical (unpaired) electrons. The number of thiophene rings is 1. The first kappa shape index (κ1) is 19.4. The fraction of sp³-hybridized carbons (Fsp3) is 0.182. The minimum Gasteiger partial charge on any atom is -0.366 e. The average molecular weight is 423 g/mol. The fourth-order valence-electron chi connectivity index (χ4n) is 3.28. The second kappa shape index (κ2) is 8.23. The molecule has 0 aliphatic rings. The van der Waals surface area contributed by atoms with Crippen LogP contribution in [0.4, 0.5) is 10.8 Å². The summed E-state index contributed by atoms with van der Waals surface area (Å²) in [5.41, 5.74) is 11.0. The zero-order valence-electron chi connectivity index (χ0n) is 16.3. The van der Waals surface area contributed by atoms with Gasteiger partial charge >= 0.3 is 0 Å². The molecular weight excluding hydrogens is 400 g/mol. The molecule has 0 unspecified atom stereocenters. The van der Waals surface area contributed by atoms with Crippen LogP contribution in [0.1, 0.15) is 26.5 Å². The number of nitrogens with two attached hydrogens (primary N) is 1. The van der Waals surface area contributed by atoms with E-state index in [-0.39, 0.29) is 0 Å². The number of nitrogens with one attached hydrogen (secondary N) is 1. The molecule has 0 saturated heterocycles. The lowest BCUT2D eigenvalue weighted by atomic mass is 10.2. The maximum Gasteiger partial charge on any atom is 0.250 e. The van der Waals surface area contributed by atoms with Gasteiger partial charge in [-0.1, -0.05) is 23.8 Å². The molecule has 3 N–H and O–H groups in total. The van der Waals surface area contributed by atoms with Crippen molar-refractivity contribution in [1.29, 1.82) is 0 Å². The van der Waals surface area contributed by atoms with Gasteiger partial charge in [0.2, 0.25) is 0 Å². The van der Waals surface area contributed by atoms with Crippen molar-refractivity contribution in [2.75, 3.05) is 5.32 Å². The van der Waals surface area contributed by atoms with Gasteiger partial charge in [0.15, 0.2) is 5.13 Å². The van der Waals surface area contributed by atoms with Gasteiger partial charge in [-0.05, 0) is 49.9 Å². The van der Waals surface area contributed by atoms with Gasteiger partial charge in [-0.25, -0.2) is 4.98 Å². The minimum absolute atomic E-state index is 0.410. The van der Waals surface area contributed by atoms with Crippen molar-refractivity contribution in [3.8, 4) is 11.4 Å². The van der Waals surface area contributed by atoms with Crippen LogP contribution < -0.4 is 11.1 Å². The third-order valence-corrected chi connectivity index (χ3v) is 6.56. The number of carbonyl (C=O) groups excluding carboxylic acids is 1. The predicted octanol–water partition coefficient (Wildman–Crippen LogP) is 5.38. The smallest absolute Gasteiger partial charge is 0.250 e. The number of aryl methyl sites for hydroxylation is 2. The fourth-order valence-corrected chi connectivity index (χ4v) is 4.70. The van der Waals surface area contributed by atoms with Gasteiger partial charge in [0, 0.05) is 28.2 Å². The Morgan fingerprint density at radius 2 is 1.97 bits per heavy atom. The topological polar surface area (TPSA) is 72.9 Å². The molecular formula is C22H22N4OS2. The highest BCUT2D eigenvalue weighted by atomic mass is 32.1. The lowest BCUT2D eigenvalue weighted by Gasteiger charge is -2.10. The third-order valence-electron chi connectivity index (χ3n) is 4.86. The first-order valence-electron chi connectivity index (χ1n) is 9.33. The van der Waals surface area contributed by atoms with Gasteiger partial charge in [0.25, 0.3) is 5.91 Å². The molecule has 29 heavy (non-hydrogen) atoms. The Balaban J connectivity index is 1.63. The first-order chi connectivity index (χ1) is 14.0. The summed E-state index contributed by atoms with van der Waals surface area (Å²) in [6, 6.07) is 14.2. The van der Waals surface area contributed by atoms with Gasteiger partial charge in [0.05, 0.1) is 17.0 Å². The van der Waals surface area contributed by atoms with Crippen molar-refractivity contribution in [1.82, 2.24) is 9.55 Å². The van der Waals surface area contributed by atoms with Gasteiger partial charge in [-0.3, -0.25) is 4.79 Å². The zero-order chi connectivity index (χ0) is 20.4. The average Bonchev–Trinajstić information content (AvgIpc) is 3.42. The summed E-state index contributed by atoms with van der Waals surface area (Å²) in [6.07, 6.45) is 0.900.